The van der Waals surface area contributed by atoms with Crippen LogP contribution in [0.25, 0.3) is 0 Å². The van der Waals surface area contributed by atoms with Gasteiger partial charge < -0.3 is 4.90 Å². The van der Waals surface area contributed by atoms with Crippen molar-refractivity contribution in [3.8, 4) is 0 Å². The number of amides is 1. The van der Waals surface area contributed by atoms with Crippen LogP contribution in [-0.4, -0.2) is 17.4 Å². The maximum Gasteiger partial charge on any atom is 0.226 e. The highest BCUT2D eigenvalue weighted by atomic mass is 35.5. The maximum absolute atomic E-state index is 13.6. The van der Waals surface area contributed by atoms with Crippen LogP contribution in [-0.2, 0) is 11.2 Å². The van der Waals surface area contributed by atoms with Gasteiger partial charge in [0.2, 0.25) is 5.91 Å². The predicted molar refractivity (Wildman–Crippen MR) is 92.5 cm³/mol. The molecule has 124 valence electrons. The van der Waals surface area contributed by atoms with E-state index in [0.29, 0.717) is 11.6 Å². The molecule has 1 heterocycles. The van der Waals surface area contributed by atoms with Gasteiger partial charge in [0.25, 0.3) is 0 Å². The normalized spacial score (nSPS) is 25.3. The lowest BCUT2D eigenvalue weighted by molar-refractivity contribution is -0.135. The van der Waals surface area contributed by atoms with Gasteiger partial charge in [0.15, 0.2) is 0 Å². The molecule has 24 heavy (non-hydrogen) atoms. The van der Waals surface area contributed by atoms with E-state index in [-0.39, 0.29) is 29.6 Å². The Hall–Kier alpha value is -1.87. The monoisotopic (exact) mass is 343 g/mol. The van der Waals surface area contributed by atoms with E-state index in [4.69, 9.17) is 11.6 Å². The molecule has 1 saturated carbocycles. The second kappa shape index (κ2) is 5.89. The van der Waals surface area contributed by atoms with E-state index in [2.05, 4.69) is 0 Å². The summed E-state index contributed by atoms with van der Waals surface area (Å²) in [6.45, 7) is 2.70. The van der Waals surface area contributed by atoms with Crippen LogP contribution in [0, 0.1) is 11.7 Å². The van der Waals surface area contributed by atoms with Crippen molar-refractivity contribution in [2.75, 3.05) is 6.54 Å². The lowest BCUT2D eigenvalue weighted by Gasteiger charge is -2.35. The van der Waals surface area contributed by atoms with E-state index >= 15 is 0 Å². The number of hydrogen-bond donors (Lipinski definition) is 0. The smallest absolute Gasteiger partial charge is 0.226 e. The fraction of sp³-hybridized carbons (Fsp3) is 0.350. The van der Waals surface area contributed by atoms with E-state index in [1.54, 1.807) is 6.07 Å². The summed E-state index contributed by atoms with van der Waals surface area (Å²) < 4.78 is 13.6. The van der Waals surface area contributed by atoms with Gasteiger partial charge in [-0.2, -0.15) is 0 Å². The molecule has 0 saturated heterocycles. The van der Waals surface area contributed by atoms with E-state index in [1.807, 2.05) is 42.2 Å². The van der Waals surface area contributed by atoms with Gasteiger partial charge >= 0.3 is 0 Å². The minimum absolute atomic E-state index is 0.0287. The van der Waals surface area contributed by atoms with Crippen LogP contribution in [0.3, 0.4) is 0 Å². The molecule has 2 nitrogen and oxygen atoms in total. The van der Waals surface area contributed by atoms with Crippen LogP contribution in [0.5, 0.6) is 0 Å². The molecule has 4 heteroatoms. The molecule has 0 spiro atoms. The van der Waals surface area contributed by atoms with Gasteiger partial charge in [-0.25, -0.2) is 4.39 Å². The third kappa shape index (κ3) is 2.71. The van der Waals surface area contributed by atoms with Crippen molar-refractivity contribution in [2.45, 2.75) is 31.7 Å². The second-order valence-corrected chi connectivity index (χ2v) is 7.24. The highest BCUT2D eigenvalue weighted by molar-refractivity contribution is 6.30. The van der Waals surface area contributed by atoms with Crippen LogP contribution >= 0.6 is 11.6 Å². The molecule has 2 aromatic rings. The van der Waals surface area contributed by atoms with Crippen LogP contribution in [0.2, 0.25) is 5.02 Å². The molecule has 0 bridgehead atoms. The SMILES string of the molecule is CC1c2cc(F)ccc2CCN1C(=O)C1CC1c1cccc(Cl)c1. The Morgan fingerprint density at radius 3 is 2.88 bits per heavy atom. The molecular weight excluding hydrogens is 325 g/mol. The van der Waals surface area contributed by atoms with E-state index < -0.39 is 0 Å². The van der Waals surface area contributed by atoms with Crippen LogP contribution in [0.4, 0.5) is 4.39 Å². The van der Waals surface area contributed by atoms with Crippen LogP contribution in [0.15, 0.2) is 42.5 Å². The molecule has 3 unspecified atom stereocenters. The van der Waals surface area contributed by atoms with Crippen molar-refractivity contribution in [2.24, 2.45) is 5.92 Å². The molecule has 0 radical (unpaired) electrons. The standard InChI is InChI=1S/C20H19ClFNO/c1-12-17-10-16(22)6-5-13(17)7-8-23(12)20(24)19-11-18(19)14-3-2-4-15(21)9-14/h2-6,9-10,12,18-19H,7-8,11H2,1H3. The number of nitrogens with zero attached hydrogens (tertiary/aromatic N) is 1. The van der Waals surface area contributed by atoms with Crippen LogP contribution in [0.1, 0.15) is 42.0 Å². The first-order valence-corrected chi connectivity index (χ1v) is 8.76. The Morgan fingerprint density at radius 2 is 2.08 bits per heavy atom. The lowest BCUT2D eigenvalue weighted by atomic mass is 9.93. The van der Waals surface area contributed by atoms with Gasteiger partial charge in [-0.05, 0) is 66.6 Å². The number of hydrogen-bond acceptors (Lipinski definition) is 1. The molecule has 0 N–H and O–H groups in total. The Bertz CT molecular complexity index is 806. The molecule has 2 aromatic carbocycles. The average Bonchev–Trinajstić information content (AvgIpc) is 3.36. The molecule has 3 atom stereocenters. The van der Waals surface area contributed by atoms with Gasteiger partial charge in [0.05, 0.1) is 6.04 Å². The largest absolute Gasteiger partial charge is 0.335 e. The zero-order valence-electron chi connectivity index (χ0n) is 13.5. The fourth-order valence-corrected chi connectivity index (χ4v) is 4.07. The molecule has 1 aliphatic heterocycles. The van der Waals surface area contributed by atoms with E-state index in [0.717, 1.165) is 29.5 Å². The highest BCUT2D eigenvalue weighted by Crippen LogP contribution is 2.50. The van der Waals surface area contributed by atoms with E-state index in [1.165, 1.54) is 6.07 Å². The third-order valence-corrected chi connectivity index (χ3v) is 5.55. The molecule has 2 aliphatic rings. The molecule has 1 amide bonds. The number of fused-ring (bicyclic) bond motifs is 1. The fourth-order valence-electron chi connectivity index (χ4n) is 3.87. The van der Waals surface area contributed by atoms with Gasteiger partial charge in [-0.15, -0.1) is 0 Å². The lowest BCUT2D eigenvalue weighted by Crippen LogP contribution is -2.40. The quantitative estimate of drug-likeness (QED) is 0.772. The third-order valence-electron chi connectivity index (χ3n) is 5.32. The van der Waals surface area contributed by atoms with Gasteiger partial charge in [-0.1, -0.05) is 29.8 Å². The minimum atomic E-state index is -0.238. The number of carbonyl (C=O) groups is 1. The Morgan fingerprint density at radius 1 is 1.25 bits per heavy atom. The van der Waals surface area contributed by atoms with Gasteiger partial charge in [0, 0.05) is 17.5 Å². The minimum Gasteiger partial charge on any atom is -0.335 e. The number of halogens is 2. The van der Waals surface area contributed by atoms with Crippen molar-refractivity contribution in [3.05, 3.63) is 70.0 Å². The summed E-state index contributed by atoms with van der Waals surface area (Å²) in [5, 5.41) is 0.710. The summed E-state index contributed by atoms with van der Waals surface area (Å²) >= 11 is 6.06. The van der Waals surface area contributed by atoms with Crippen molar-refractivity contribution < 1.29 is 9.18 Å². The molecule has 4 rings (SSSR count). The van der Waals surface area contributed by atoms with Gasteiger partial charge in [0.1, 0.15) is 5.82 Å². The number of benzene rings is 2. The van der Waals surface area contributed by atoms with Crippen molar-refractivity contribution in [1.82, 2.24) is 4.90 Å². The summed E-state index contributed by atoms with van der Waals surface area (Å²) in [4.78, 5) is 14.8. The van der Waals surface area contributed by atoms with Crippen LogP contribution < -0.4 is 0 Å². The topological polar surface area (TPSA) is 20.3 Å². The molecule has 1 fully saturated rings. The summed E-state index contributed by atoms with van der Waals surface area (Å²) in [5.41, 5.74) is 3.22. The summed E-state index contributed by atoms with van der Waals surface area (Å²) in [5.74, 6) is 0.235. The van der Waals surface area contributed by atoms with Crippen molar-refractivity contribution in [3.63, 3.8) is 0 Å². The first-order valence-electron chi connectivity index (χ1n) is 8.39. The van der Waals surface area contributed by atoms with Crippen molar-refractivity contribution in [1.29, 1.82) is 0 Å². The summed E-state index contributed by atoms with van der Waals surface area (Å²) in [6.07, 6.45) is 1.67. The Balaban J connectivity index is 1.52. The molecule has 0 aromatic heterocycles. The molecular formula is C20H19ClFNO. The predicted octanol–water partition coefficient (Wildman–Crippen LogP) is 4.73. The first kappa shape index (κ1) is 15.6. The summed E-state index contributed by atoms with van der Waals surface area (Å²) in [6, 6.07) is 12.6. The Kier molecular flexibility index (Phi) is 3.84. The zero-order chi connectivity index (χ0) is 16.8. The van der Waals surface area contributed by atoms with E-state index in [9.17, 15) is 9.18 Å². The number of rotatable bonds is 2. The second-order valence-electron chi connectivity index (χ2n) is 6.80. The Labute approximate surface area is 146 Å². The maximum atomic E-state index is 13.6. The number of carbonyl (C=O) groups excluding carboxylic acids is 1. The summed E-state index contributed by atoms with van der Waals surface area (Å²) in [7, 11) is 0. The first-order chi connectivity index (χ1) is 11.5. The highest BCUT2D eigenvalue weighted by Gasteiger charge is 2.47. The molecule has 1 aliphatic carbocycles. The average molecular weight is 344 g/mol. The zero-order valence-corrected chi connectivity index (χ0v) is 14.3. The van der Waals surface area contributed by atoms with Gasteiger partial charge in [-0.3, -0.25) is 4.79 Å². The van der Waals surface area contributed by atoms with Crippen molar-refractivity contribution >= 4 is 17.5 Å².